The number of Topliss-reactive ketones (excluding diaryl/α,β-unsaturated/α-hetero) is 1. The van der Waals surface area contributed by atoms with E-state index in [0.29, 0.717) is 11.1 Å². The highest BCUT2D eigenvalue weighted by atomic mass is 19.4. The molecule has 128 valence electrons. The maximum atomic E-state index is 12.5. The number of ether oxygens (including phenoxy) is 1. The molecular weight excluding hydrogens is 331 g/mol. The SMILES string of the molecule is O=C(Cc1ccc(C(F)(F)F)cc1)Cc1cccc(OC(F)F)c1. The summed E-state index contributed by atoms with van der Waals surface area (Å²) in [6.07, 6.45) is -4.49. The van der Waals surface area contributed by atoms with Gasteiger partial charge in [0.1, 0.15) is 11.5 Å². The Morgan fingerprint density at radius 1 is 0.958 bits per heavy atom. The molecule has 2 nitrogen and oxygen atoms in total. The molecule has 0 heterocycles. The Balaban J connectivity index is 1.98. The molecule has 0 aromatic heterocycles. The summed E-state index contributed by atoms with van der Waals surface area (Å²) in [7, 11) is 0. The van der Waals surface area contributed by atoms with Crippen LogP contribution >= 0.6 is 0 Å². The van der Waals surface area contributed by atoms with Crippen molar-refractivity contribution in [3.05, 3.63) is 65.2 Å². The zero-order valence-electron chi connectivity index (χ0n) is 12.3. The van der Waals surface area contributed by atoms with Crippen LogP contribution in [0.4, 0.5) is 22.0 Å². The van der Waals surface area contributed by atoms with E-state index in [-0.39, 0.29) is 24.4 Å². The largest absolute Gasteiger partial charge is 0.435 e. The average molecular weight is 344 g/mol. The van der Waals surface area contributed by atoms with Gasteiger partial charge in [0.25, 0.3) is 0 Å². The van der Waals surface area contributed by atoms with E-state index in [1.165, 1.54) is 30.3 Å². The Bertz CT molecular complexity index is 693. The van der Waals surface area contributed by atoms with E-state index in [2.05, 4.69) is 4.74 Å². The van der Waals surface area contributed by atoms with Crippen molar-refractivity contribution >= 4 is 5.78 Å². The van der Waals surface area contributed by atoms with Gasteiger partial charge in [0, 0.05) is 12.8 Å². The summed E-state index contributed by atoms with van der Waals surface area (Å²) in [4.78, 5) is 12.0. The van der Waals surface area contributed by atoms with Gasteiger partial charge in [-0.1, -0.05) is 24.3 Å². The van der Waals surface area contributed by atoms with E-state index in [9.17, 15) is 26.7 Å². The van der Waals surface area contributed by atoms with Gasteiger partial charge in [0.05, 0.1) is 5.56 Å². The van der Waals surface area contributed by atoms with Gasteiger partial charge in [-0.05, 0) is 35.4 Å². The summed E-state index contributed by atoms with van der Waals surface area (Å²) in [5, 5.41) is 0. The van der Waals surface area contributed by atoms with Gasteiger partial charge in [0.15, 0.2) is 0 Å². The van der Waals surface area contributed by atoms with Crippen molar-refractivity contribution in [3.8, 4) is 5.75 Å². The summed E-state index contributed by atoms with van der Waals surface area (Å²) < 4.78 is 65.9. The van der Waals surface area contributed by atoms with Crippen molar-refractivity contribution in [3.63, 3.8) is 0 Å². The second kappa shape index (κ2) is 7.42. The van der Waals surface area contributed by atoms with Gasteiger partial charge >= 0.3 is 12.8 Å². The first-order valence-corrected chi connectivity index (χ1v) is 6.95. The third-order valence-electron chi connectivity index (χ3n) is 3.21. The molecule has 2 aromatic rings. The van der Waals surface area contributed by atoms with Crippen LogP contribution in [0.25, 0.3) is 0 Å². The van der Waals surface area contributed by atoms with E-state index in [1.54, 1.807) is 6.07 Å². The molecule has 24 heavy (non-hydrogen) atoms. The molecule has 0 radical (unpaired) electrons. The smallest absolute Gasteiger partial charge is 0.416 e. The maximum Gasteiger partial charge on any atom is 0.416 e. The number of hydrogen-bond donors (Lipinski definition) is 0. The molecule has 0 N–H and O–H groups in total. The minimum absolute atomic E-state index is 0.0263. The molecule has 0 amide bonds. The molecule has 0 atom stereocenters. The predicted octanol–water partition coefficient (Wildman–Crippen LogP) is 4.66. The van der Waals surface area contributed by atoms with Crippen molar-refractivity contribution in [2.24, 2.45) is 0 Å². The zero-order valence-corrected chi connectivity index (χ0v) is 12.3. The zero-order chi connectivity index (χ0) is 17.7. The second-order valence-corrected chi connectivity index (χ2v) is 5.11. The highest BCUT2D eigenvalue weighted by Crippen LogP contribution is 2.29. The minimum atomic E-state index is -4.42. The van der Waals surface area contributed by atoms with E-state index in [0.717, 1.165) is 12.1 Å². The van der Waals surface area contributed by atoms with Crippen LogP contribution in [0.1, 0.15) is 16.7 Å². The fraction of sp³-hybridized carbons (Fsp3) is 0.235. The van der Waals surface area contributed by atoms with E-state index in [4.69, 9.17) is 0 Å². The van der Waals surface area contributed by atoms with Gasteiger partial charge in [-0.15, -0.1) is 0 Å². The van der Waals surface area contributed by atoms with E-state index in [1.807, 2.05) is 0 Å². The number of benzene rings is 2. The second-order valence-electron chi connectivity index (χ2n) is 5.11. The highest BCUT2D eigenvalue weighted by molar-refractivity contribution is 5.83. The lowest BCUT2D eigenvalue weighted by Gasteiger charge is -2.08. The number of carbonyl (C=O) groups excluding carboxylic acids is 1. The Kier molecular flexibility index (Phi) is 5.54. The Morgan fingerprint density at radius 2 is 1.58 bits per heavy atom. The number of hydrogen-bond acceptors (Lipinski definition) is 2. The van der Waals surface area contributed by atoms with Gasteiger partial charge in [-0.3, -0.25) is 4.79 Å². The number of rotatable bonds is 6. The number of alkyl halides is 5. The molecule has 0 saturated carbocycles. The molecule has 0 aliphatic carbocycles. The van der Waals surface area contributed by atoms with Crippen LogP contribution in [0.5, 0.6) is 5.75 Å². The van der Waals surface area contributed by atoms with Crippen molar-refractivity contribution < 1.29 is 31.5 Å². The van der Waals surface area contributed by atoms with Crippen LogP contribution in [0.3, 0.4) is 0 Å². The van der Waals surface area contributed by atoms with Crippen LogP contribution in [0, 0.1) is 0 Å². The lowest BCUT2D eigenvalue weighted by atomic mass is 10.0. The van der Waals surface area contributed by atoms with Gasteiger partial charge < -0.3 is 4.74 Å². The van der Waals surface area contributed by atoms with E-state index >= 15 is 0 Å². The van der Waals surface area contributed by atoms with Gasteiger partial charge in [-0.25, -0.2) is 0 Å². The summed E-state index contributed by atoms with van der Waals surface area (Å²) >= 11 is 0. The van der Waals surface area contributed by atoms with Gasteiger partial charge in [0.2, 0.25) is 0 Å². The molecule has 0 aliphatic heterocycles. The summed E-state index contributed by atoms with van der Waals surface area (Å²) in [5.74, 6) is -0.297. The van der Waals surface area contributed by atoms with Gasteiger partial charge in [-0.2, -0.15) is 22.0 Å². The maximum absolute atomic E-state index is 12.5. The summed E-state index contributed by atoms with van der Waals surface area (Å²) in [6, 6.07) is 10.1. The van der Waals surface area contributed by atoms with Crippen molar-refractivity contribution in [1.29, 1.82) is 0 Å². The molecule has 2 aromatic carbocycles. The molecule has 0 spiro atoms. The fourth-order valence-corrected chi connectivity index (χ4v) is 2.16. The molecule has 0 saturated heterocycles. The predicted molar refractivity (Wildman–Crippen MR) is 76.9 cm³/mol. The van der Waals surface area contributed by atoms with E-state index < -0.39 is 18.4 Å². The highest BCUT2D eigenvalue weighted by Gasteiger charge is 2.29. The quantitative estimate of drug-likeness (QED) is 0.713. The molecule has 7 heteroatoms. The first kappa shape index (κ1) is 17.9. The number of ketones is 1. The van der Waals surface area contributed by atoms with Crippen molar-refractivity contribution in [2.45, 2.75) is 25.6 Å². The number of halogens is 5. The molecule has 0 bridgehead atoms. The molecule has 0 fully saturated rings. The normalized spacial score (nSPS) is 11.6. The fourth-order valence-electron chi connectivity index (χ4n) is 2.16. The van der Waals surface area contributed by atoms with Crippen molar-refractivity contribution in [1.82, 2.24) is 0 Å². The molecular formula is C17H13F5O2. The molecule has 0 aliphatic rings. The Hall–Kier alpha value is -2.44. The van der Waals surface area contributed by atoms with Crippen LogP contribution in [-0.2, 0) is 23.8 Å². The monoisotopic (exact) mass is 344 g/mol. The Labute approximate surface area is 134 Å². The first-order valence-electron chi connectivity index (χ1n) is 6.95. The lowest BCUT2D eigenvalue weighted by Crippen LogP contribution is -2.08. The van der Waals surface area contributed by atoms with Crippen LogP contribution < -0.4 is 4.74 Å². The Morgan fingerprint density at radius 3 is 2.17 bits per heavy atom. The van der Waals surface area contributed by atoms with Crippen LogP contribution in [0.2, 0.25) is 0 Å². The van der Waals surface area contributed by atoms with Crippen LogP contribution in [0.15, 0.2) is 48.5 Å². The molecule has 2 rings (SSSR count). The topological polar surface area (TPSA) is 26.3 Å². The number of carbonyl (C=O) groups is 1. The first-order chi connectivity index (χ1) is 11.2. The van der Waals surface area contributed by atoms with Crippen LogP contribution in [-0.4, -0.2) is 12.4 Å². The average Bonchev–Trinajstić information content (AvgIpc) is 2.46. The van der Waals surface area contributed by atoms with Crippen molar-refractivity contribution in [2.75, 3.05) is 0 Å². The standard InChI is InChI=1S/C17H13F5O2/c18-16(19)24-15-3-1-2-12(10-15)9-14(23)8-11-4-6-13(7-5-11)17(20,21)22/h1-7,10,16H,8-9H2. The summed E-state index contributed by atoms with van der Waals surface area (Å²) in [6.45, 7) is -2.96. The third-order valence-corrected chi connectivity index (χ3v) is 3.21. The molecule has 0 unspecified atom stereocenters. The minimum Gasteiger partial charge on any atom is -0.435 e. The summed E-state index contributed by atoms with van der Waals surface area (Å²) in [5.41, 5.74) is 0.161. The third kappa shape index (κ3) is 5.33. The lowest BCUT2D eigenvalue weighted by molar-refractivity contribution is -0.137.